The summed E-state index contributed by atoms with van der Waals surface area (Å²) in [6.45, 7) is 0.223. The van der Waals surface area contributed by atoms with Crippen LogP contribution in [-0.4, -0.2) is 31.1 Å². The first kappa shape index (κ1) is 15.5. The van der Waals surface area contributed by atoms with Crippen LogP contribution in [0.4, 0.5) is 0 Å². The van der Waals surface area contributed by atoms with Crippen LogP contribution in [0.5, 0.6) is 0 Å². The van der Waals surface area contributed by atoms with Crippen LogP contribution in [0.2, 0.25) is 0 Å². The molecule has 0 unspecified atom stereocenters. The number of halogens is 1. The van der Waals surface area contributed by atoms with E-state index in [-0.39, 0.29) is 12.5 Å². The Balaban J connectivity index is 1.52. The predicted molar refractivity (Wildman–Crippen MR) is 96.3 cm³/mol. The number of benzene rings is 2. The number of hydrogen-bond donors (Lipinski definition) is 2. The quantitative estimate of drug-likeness (QED) is 0.554. The Bertz CT molecular complexity index is 1050. The van der Waals surface area contributed by atoms with Crippen molar-refractivity contribution in [3.8, 4) is 5.69 Å². The fourth-order valence-electron chi connectivity index (χ4n) is 2.57. The highest BCUT2D eigenvalue weighted by Gasteiger charge is 2.12. The fraction of sp³-hybridized carbons (Fsp3) is 0.0588. The van der Waals surface area contributed by atoms with E-state index in [0.29, 0.717) is 11.4 Å². The number of amides is 1. The van der Waals surface area contributed by atoms with Crippen molar-refractivity contribution >= 4 is 32.7 Å². The number of hydrogen-bond acceptors (Lipinski definition) is 4. The van der Waals surface area contributed by atoms with E-state index < -0.39 is 0 Å². The standard InChI is InChI=1S/C17H13BrN6O/c18-13-2-1-3-14(9-13)24-16(21-22-23-24)10-20-17(25)12-5-4-11-6-7-19-15(11)8-12/h1-9,19H,10H2,(H,20,25). The Kier molecular flexibility index (Phi) is 4.02. The minimum absolute atomic E-state index is 0.180. The van der Waals surface area contributed by atoms with Crippen LogP contribution in [-0.2, 0) is 6.54 Å². The molecular weight excluding hydrogens is 384 g/mol. The smallest absolute Gasteiger partial charge is 0.251 e. The molecule has 0 aliphatic carbocycles. The van der Waals surface area contributed by atoms with E-state index in [1.807, 2.05) is 48.7 Å². The number of aromatic amines is 1. The van der Waals surface area contributed by atoms with Gasteiger partial charge in [0.05, 0.1) is 12.2 Å². The lowest BCUT2D eigenvalue weighted by molar-refractivity contribution is 0.0949. The van der Waals surface area contributed by atoms with Gasteiger partial charge in [0, 0.05) is 21.7 Å². The molecule has 2 heterocycles. The summed E-state index contributed by atoms with van der Waals surface area (Å²) < 4.78 is 2.52. The lowest BCUT2D eigenvalue weighted by atomic mass is 10.1. The third-order valence-electron chi connectivity index (χ3n) is 3.81. The summed E-state index contributed by atoms with van der Waals surface area (Å²) in [5.74, 6) is 0.368. The van der Waals surface area contributed by atoms with Crippen LogP contribution < -0.4 is 5.32 Å². The summed E-state index contributed by atoms with van der Waals surface area (Å²) in [5.41, 5.74) is 2.32. The lowest BCUT2D eigenvalue weighted by Crippen LogP contribution is -2.24. The first-order valence-electron chi connectivity index (χ1n) is 7.59. The van der Waals surface area contributed by atoms with Crippen LogP contribution in [0.15, 0.2) is 59.2 Å². The molecule has 0 spiro atoms. The molecule has 0 fully saturated rings. The molecule has 124 valence electrons. The van der Waals surface area contributed by atoms with E-state index in [4.69, 9.17) is 0 Å². The Hall–Kier alpha value is -3.00. The van der Waals surface area contributed by atoms with Crippen molar-refractivity contribution in [2.24, 2.45) is 0 Å². The first-order valence-corrected chi connectivity index (χ1v) is 8.38. The number of H-pyrrole nitrogens is 1. The minimum atomic E-state index is -0.180. The monoisotopic (exact) mass is 396 g/mol. The van der Waals surface area contributed by atoms with Gasteiger partial charge in [-0.1, -0.05) is 28.1 Å². The van der Waals surface area contributed by atoms with Crippen LogP contribution in [0, 0.1) is 0 Å². The van der Waals surface area contributed by atoms with E-state index in [1.54, 1.807) is 10.7 Å². The maximum atomic E-state index is 12.4. The normalized spacial score (nSPS) is 10.9. The lowest BCUT2D eigenvalue weighted by Gasteiger charge is -2.07. The first-order chi connectivity index (χ1) is 12.2. The van der Waals surface area contributed by atoms with Crippen LogP contribution in [0.25, 0.3) is 16.6 Å². The van der Waals surface area contributed by atoms with Crippen molar-refractivity contribution in [1.29, 1.82) is 0 Å². The highest BCUT2D eigenvalue weighted by atomic mass is 79.9. The van der Waals surface area contributed by atoms with Gasteiger partial charge < -0.3 is 10.3 Å². The van der Waals surface area contributed by atoms with Gasteiger partial charge >= 0.3 is 0 Å². The van der Waals surface area contributed by atoms with Crippen LogP contribution >= 0.6 is 15.9 Å². The molecule has 7 nitrogen and oxygen atoms in total. The second kappa shape index (κ2) is 6.48. The second-order valence-electron chi connectivity index (χ2n) is 5.45. The SMILES string of the molecule is O=C(NCc1nnnn1-c1cccc(Br)c1)c1ccc2cc[nH]c2c1. The number of rotatable bonds is 4. The van der Waals surface area contributed by atoms with Gasteiger partial charge in [0.2, 0.25) is 0 Å². The number of tetrazole rings is 1. The number of fused-ring (bicyclic) bond motifs is 1. The molecule has 0 atom stereocenters. The number of nitrogens with one attached hydrogen (secondary N) is 2. The molecule has 0 aliphatic heterocycles. The Morgan fingerprint density at radius 2 is 2.12 bits per heavy atom. The molecule has 0 saturated carbocycles. The number of carbonyl (C=O) groups excluding carboxylic acids is 1. The van der Waals surface area contributed by atoms with E-state index >= 15 is 0 Å². The van der Waals surface area contributed by atoms with Gasteiger partial charge in [-0.05, 0) is 52.2 Å². The van der Waals surface area contributed by atoms with Crippen molar-refractivity contribution in [2.75, 3.05) is 0 Å². The zero-order valence-corrected chi connectivity index (χ0v) is 14.6. The Morgan fingerprint density at radius 1 is 1.20 bits per heavy atom. The van der Waals surface area contributed by atoms with Gasteiger partial charge in [-0.15, -0.1) is 5.10 Å². The van der Waals surface area contributed by atoms with Crippen LogP contribution in [0.3, 0.4) is 0 Å². The van der Waals surface area contributed by atoms with Crippen molar-refractivity contribution in [1.82, 2.24) is 30.5 Å². The summed E-state index contributed by atoms with van der Waals surface area (Å²) >= 11 is 3.43. The number of aromatic nitrogens is 5. The summed E-state index contributed by atoms with van der Waals surface area (Å²) in [7, 11) is 0. The predicted octanol–water partition coefficient (Wildman–Crippen LogP) is 2.84. The average Bonchev–Trinajstić information content (AvgIpc) is 3.28. The summed E-state index contributed by atoms with van der Waals surface area (Å²) in [6.07, 6.45) is 1.85. The molecule has 8 heteroatoms. The molecule has 1 amide bonds. The fourth-order valence-corrected chi connectivity index (χ4v) is 2.96. The zero-order chi connectivity index (χ0) is 17.2. The molecular formula is C17H13BrN6O. The molecule has 2 aromatic heterocycles. The van der Waals surface area contributed by atoms with Gasteiger partial charge in [0.15, 0.2) is 5.82 Å². The third kappa shape index (κ3) is 3.16. The summed E-state index contributed by atoms with van der Waals surface area (Å²) in [6, 6.07) is 15.1. The van der Waals surface area contributed by atoms with Gasteiger partial charge in [-0.3, -0.25) is 4.79 Å². The molecule has 0 saturated heterocycles. The van der Waals surface area contributed by atoms with Gasteiger partial charge in [0.1, 0.15) is 0 Å². The molecule has 0 aliphatic rings. The van der Waals surface area contributed by atoms with Crippen molar-refractivity contribution in [3.63, 3.8) is 0 Å². The highest BCUT2D eigenvalue weighted by molar-refractivity contribution is 9.10. The summed E-state index contributed by atoms with van der Waals surface area (Å²) in [4.78, 5) is 15.5. The van der Waals surface area contributed by atoms with E-state index in [1.165, 1.54) is 0 Å². The Labute approximate surface area is 151 Å². The topological polar surface area (TPSA) is 88.5 Å². The maximum Gasteiger partial charge on any atom is 0.251 e. The minimum Gasteiger partial charge on any atom is -0.361 e. The van der Waals surface area contributed by atoms with Gasteiger partial charge in [-0.25, -0.2) is 0 Å². The molecule has 0 radical (unpaired) electrons. The van der Waals surface area contributed by atoms with Crippen molar-refractivity contribution in [3.05, 3.63) is 70.6 Å². The Morgan fingerprint density at radius 3 is 3.00 bits per heavy atom. The summed E-state index contributed by atoms with van der Waals surface area (Å²) in [5, 5.41) is 15.6. The zero-order valence-electron chi connectivity index (χ0n) is 13.0. The van der Waals surface area contributed by atoms with E-state index in [9.17, 15) is 4.79 Å². The van der Waals surface area contributed by atoms with Crippen molar-refractivity contribution in [2.45, 2.75) is 6.54 Å². The molecule has 2 aromatic carbocycles. The third-order valence-corrected chi connectivity index (χ3v) is 4.30. The highest BCUT2D eigenvalue weighted by Crippen LogP contribution is 2.16. The number of carbonyl (C=O) groups is 1. The molecule has 4 aromatic rings. The second-order valence-corrected chi connectivity index (χ2v) is 6.36. The molecule has 0 bridgehead atoms. The largest absolute Gasteiger partial charge is 0.361 e. The van der Waals surface area contributed by atoms with Gasteiger partial charge in [0.25, 0.3) is 5.91 Å². The van der Waals surface area contributed by atoms with E-state index in [2.05, 4.69) is 41.8 Å². The molecule has 25 heavy (non-hydrogen) atoms. The van der Waals surface area contributed by atoms with E-state index in [0.717, 1.165) is 21.1 Å². The molecule has 4 rings (SSSR count). The van der Waals surface area contributed by atoms with Crippen molar-refractivity contribution < 1.29 is 4.79 Å². The average molecular weight is 397 g/mol. The molecule has 2 N–H and O–H groups in total. The van der Waals surface area contributed by atoms with Gasteiger partial charge in [-0.2, -0.15) is 4.68 Å². The maximum absolute atomic E-state index is 12.4. The number of nitrogens with zero attached hydrogens (tertiary/aromatic N) is 4. The van der Waals surface area contributed by atoms with Crippen LogP contribution in [0.1, 0.15) is 16.2 Å².